The molecule has 74 valence electrons. The Bertz CT molecular complexity index is 604. The van der Waals surface area contributed by atoms with Gasteiger partial charge >= 0.3 is 0 Å². The van der Waals surface area contributed by atoms with Gasteiger partial charge in [-0.05, 0) is 12.1 Å². The van der Waals surface area contributed by atoms with Crippen LogP contribution < -0.4 is 21.8 Å². The van der Waals surface area contributed by atoms with Crippen molar-refractivity contribution in [3.8, 4) is 0 Å². The van der Waals surface area contributed by atoms with Crippen molar-refractivity contribution < 1.29 is 4.79 Å². The van der Waals surface area contributed by atoms with E-state index in [1.165, 1.54) is 6.34 Å². The zero-order valence-electron chi connectivity index (χ0n) is 7.64. The third-order valence-electron chi connectivity index (χ3n) is 2.29. The highest BCUT2D eigenvalue weighted by atomic mass is 16.2. The molecule has 1 atom stereocenters. The van der Waals surface area contributed by atoms with Crippen LogP contribution in [0.3, 0.4) is 0 Å². The average Bonchev–Trinajstić information content (AvgIpc) is 2.61. The minimum absolute atomic E-state index is 0.225. The lowest BCUT2D eigenvalue weighted by Crippen LogP contribution is -2.47. The minimum Gasteiger partial charge on any atom is -0.318 e. The van der Waals surface area contributed by atoms with Gasteiger partial charge in [0, 0.05) is 0 Å². The summed E-state index contributed by atoms with van der Waals surface area (Å²) in [5, 5.41) is 3.77. The predicted octanol–water partition coefficient (Wildman–Crippen LogP) is -1.42. The molecule has 3 N–H and O–H groups in total. The number of fused-ring (bicyclic) bond motifs is 2. The van der Waals surface area contributed by atoms with Gasteiger partial charge in [0.05, 0.1) is 22.0 Å². The van der Waals surface area contributed by atoms with Gasteiger partial charge in [-0.25, -0.2) is 15.0 Å². The Labute approximate surface area is 84.3 Å². The topological polar surface area (TPSA) is 92.2 Å². The molecular weight excluding hydrogens is 194 g/mol. The number of aliphatic imine (C=N–C) groups is 1. The van der Waals surface area contributed by atoms with E-state index in [-0.39, 0.29) is 5.91 Å². The number of nitrogens with one attached hydrogen (secondary N) is 1. The van der Waals surface area contributed by atoms with Gasteiger partial charge in [0.15, 0.2) is 6.29 Å². The molecule has 0 bridgehead atoms. The van der Waals surface area contributed by atoms with E-state index in [1.54, 1.807) is 12.1 Å². The molecule has 0 fully saturated rings. The maximum Gasteiger partial charge on any atom is 0.256 e. The van der Waals surface area contributed by atoms with Crippen molar-refractivity contribution in [1.29, 1.82) is 0 Å². The average molecular weight is 201 g/mol. The van der Waals surface area contributed by atoms with Gasteiger partial charge in [-0.3, -0.25) is 10.5 Å². The Morgan fingerprint density at radius 2 is 2.20 bits per heavy atom. The normalized spacial score (nSPS) is 21.1. The smallest absolute Gasteiger partial charge is 0.256 e. The van der Waals surface area contributed by atoms with E-state index >= 15 is 0 Å². The summed E-state index contributed by atoms with van der Waals surface area (Å²) in [7, 11) is 0. The van der Waals surface area contributed by atoms with Crippen LogP contribution in [0.5, 0.6) is 0 Å². The summed E-state index contributed by atoms with van der Waals surface area (Å²) in [5.74, 6) is -0.225. The quantitative estimate of drug-likeness (QED) is 0.539. The summed E-state index contributed by atoms with van der Waals surface area (Å²) < 4.78 is 0. The van der Waals surface area contributed by atoms with E-state index in [2.05, 4.69) is 20.3 Å². The number of benzene rings is 1. The Hall–Kier alpha value is -2.08. The lowest BCUT2D eigenvalue weighted by molar-refractivity contribution is 0.0929. The molecule has 6 nitrogen and oxygen atoms in total. The second-order valence-electron chi connectivity index (χ2n) is 3.28. The van der Waals surface area contributed by atoms with E-state index in [4.69, 9.17) is 5.73 Å². The van der Waals surface area contributed by atoms with Crippen LogP contribution in [0.4, 0.5) is 5.69 Å². The van der Waals surface area contributed by atoms with Crippen LogP contribution in [0.2, 0.25) is 0 Å². The van der Waals surface area contributed by atoms with Gasteiger partial charge in [0.2, 0.25) is 0 Å². The molecule has 2 aliphatic rings. The maximum atomic E-state index is 11.6. The molecule has 0 spiro atoms. The standard InChI is InChI=1S/C9H7N5O/c10-9-13-5-2-7-6(11-3-12-7)1-4(5)8(15)14-9/h1-3,9H,10H2,(H,14,15). The number of carbonyl (C=O) groups excluding carboxylic acids is 1. The number of hydrogen-bond acceptors (Lipinski definition) is 5. The fourth-order valence-electron chi connectivity index (χ4n) is 1.61. The van der Waals surface area contributed by atoms with E-state index in [9.17, 15) is 4.79 Å². The first-order valence-corrected chi connectivity index (χ1v) is 4.43. The zero-order chi connectivity index (χ0) is 10.4. The highest BCUT2D eigenvalue weighted by molar-refractivity contribution is 5.95. The highest BCUT2D eigenvalue weighted by Gasteiger charge is 2.18. The van der Waals surface area contributed by atoms with Gasteiger partial charge in [-0.15, -0.1) is 0 Å². The minimum atomic E-state index is -0.676. The molecule has 3 rings (SSSR count). The number of rotatable bonds is 0. The van der Waals surface area contributed by atoms with E-state index in [0.717, 1.165) is 5.69 Å². The van der Waals surface area contributed by atoms with Crippen LogP contribution in [0.25, 0.3) is 0 Å². The third kappa shape index (κ3) is 1.15. The molecule has 1 aromatic rings. The van der Waals surface area contributed by atoms with E-state index in [1.807, 2.05) is 0 Å². The predicted molar refractivity (Wildman–Crippen MR) is 52.3 cm³/mol. The van der Waals surface area contributed by atoms with Crippen LogP contribution in [0.1, 0.15) is 10.4 Å². The summed E-state index contributed by atoms with van der Waals surface area (Å²) >= 11 is 0. The molecule has 2 heterocycles. The lowest BCUT2D eigenvalue weighted by Gasteiger charge is -2.14. The van der Waals surface area contributed by atoms with Crippen molar-refractivity contribution in [3.05, 3.63) is 28.4 Å². The molecule has 0 aromatic heterocycles. The van der Waals surface area contributed by atoms with Crippen LogP contribution in [0.15, 0.2) is 27.1 Å². The first kappa shape index (κ1) is 8.25. The molecule has 1 aromatic carbocycles. The number of hydrogen-bond donors (Lipinski definition) is 2. The Kier molecular flexibility index (Phi) is 1.49. The zero-order valence-corrected chi connectivity index (χ0v) is 7.64. The molecule has 2 aliphatic heterocycles. The van der Waals surface area contributed by atoms with Crippen LogP contribution in [0, 0.1) is 0 Å². The molecule has 6 heteroatoms. The molecule has 0 radical (unpaired) electrons. The van der Waals surface area contributed by atoms with Crippen LogP contribution in [-0.4, -0.2) is 18.5 Å². The van der Waals surface area contributed by atoms with Gasteiger partial charge < -0.3 is 5.32 Å². The van der Waals surface area contributed by atoms with Crippen molar-refractivity contribution in [2.45, 2.75) is 6.29 Å². The first-order valence-electron chi connectivity index (χ1n) is 4.43. The largest absolute Gasteiger partial charge is 0.318 e. The molecule has 1 amide bonds. The van der Waals surface area contributed by atoms with E-state index < -0.39 is 6.29 Å². The van der Waals surface area contributed by atoms with Gasteiger partial charge in [-0.2, -0.15) is 0 Å². The van der Waals surface area contributed by atoms with Crippen LogP contribution in [-0.2, 0) is 0 Å². The van der Waals surface area contributed by atoms with Gasteiger partial charge in [-0.1, -0.05) is 0 Å². The molecule has 0 saturated carbocycles. The molecule has 15 heavy (non-hydrogen) atoms. The van der Waals surface area contributed by atoms with Crippen molar-refractivity contribution in [1.82, 2.24) is 5.32 Å². The third-order valence-corrected chi connectivity index (χ3v) is 2.29. The van der Waals surface area contributed by atoms with Crippen LogP contribution >= 0.6 is 0 Å². The number of carbonyl (C=O) groups is 1. The van der Waals surface area contributed by atoms with Crippen molar-refractivity contribution in [3.63, 3.8) is 0 Å². The molecular formula is C9H7N5O. The SMILES string of the molecule is NC1N=c2cc3c(cc2C(=O)N1)=NC=N3. The van der Waals surface area contributed by atoms with Crippen molar-refractivity contribution in [2.75, 3.05) is 0 Å². The second-order valence-corrected chi connectivity index (χ2v) is 3.28. The van der Waals surface area contributed by atoms with E-state index in [0.29, 0.717) is 16.3 Å². The summed E-state index contributed by atoms with van der Waals surface area (Å²) in [6.07, 6.45) is 0.777. The van der Waals surface area contributed by atoms with Crippen molar-refractivity contribution in [2.24, 2.45) is 20.7 Å². The Morgan fingerprint density at radius 1 is 1.33 bits per heavy atom. The summed E-state index contributed by atoms with van der Waals surface area (Å²) in [6, 6.07) is 3.39. The second kappa shape index (κ2) is 2.71. The van der Waals surface area contributed by atoms with Gasteiger partial charge in [0.25, 0.3) is 5.91 Å². The Balaban J connectivity index is 2.37. The lowest BCUT2D eigenvalue weighted by atomic mass is 10.1. The molecule has 0 aliphatic carbocycles. The fraction of sp³-hybridized carbons (Fsp3) is 0.111. The summed E-state index contributed by atoms with van der Waals surface area (Å²) in [4.78, 5) is 23.7. The number of nitrogens with zero attached hydrogens (tertiary/aromatic N) is 3. The number of amides is 1. The Morgan fingerprint density at radius 3 is 3.07 bits per heavy atom. The molecule has 0 saturated heterocycles. The first-order chi connectivity index (χ1) is 7.24. The van der Waals surface area contributed by atoms with Gasteiger partial charge in [0.1, 0.15) is 6.34 Å². The highest BCUT2D eigenvalue weighted by Crippen LogP contribution is 2.07. The molecule has 1 unspecified atom stereocenters. The van der Waals surface area contributed by atoms with Crippen molar-refractivity contribution >= 4 is 17.9 Å². The monoisotopic (exact) mass is 201 g/mol. The number of nitrogens with two attached hydrogens (primary N) is 1. The fourth-order valence-corrected chi connectivity index (χ4v) is 1.61. The maximum absolute atomic E-state index is 11.6. The summed E-state index contributed by atoms with van der Waals surface area (Å²) in [6.45, 7) is 0. The summed E-state index contributed by atoms with van der Waals surface area (Å²) in [5.41, 5.74) is 6.74.